The molecule has 6 heteroatoms. The fourth-order valence-corrected chi connectivity index (χ4v) is 2.61. The van der Waals surface area contributed by atoms with E-state index in [0.717, 1.165) is 32.1 Å². The van der Waals surface area contributed by atoms with Gasteiger partial charge in [-0.05, 0) is 26.2 Å². The van der Waals surface area contributed by atoms with Gasteiger partial charge < -0.3 is 20.1 Å². The molecule has 0 aromatic rings. The van der Waals surface area contributed by atoms with Crippen LogP contribution in [0.1, 0.15) is 52.4 Å². The smallest absolute Gasteiger partial charge is 0.310 e. The van der Waals surface area contributed by atoms with Crippen molar-refractivity contribution in [1.29, 1.82) is 0 Å². The predicted molar refractivity (Wildman–Crippen MR) is 92.6 cm³/mol. The fourth-order valence-electron chi connectivity index (χ4n) is 2.61. The second-order valence-corrected chi connectivity index (χ2v) is 6.05. The molecule has 1 fully saturated rings. The standard InChI is InChI=1S/C17H33N3O3/c1-4-18-17(20-13-14(2)16(21)22-3)19-11-8-12-23-15-9-6-5-7-10-15/h14-15H,4-13H2,1-3H3,(H2,18,19,20). The highest BCUT2D eigenvalue weighted by Gasteiger charge is 2.13. The third-order valence-electron chi connectivity index (χ3n) is 3.99. The minimum absolute atomic E-state index is 0.231. The van der Waals surface area contributed by atoms with Crippen molar-refractivity contribution in [2.75, 3.05) is 33.4 Å². The van der Waals surface area contributed by atoms with E-state index >= 15 is 0 Å². The predicted octanol–water partition coefficient (Wildman–Crippen LogP) is 2.09. The van der Waals surface area contributed by atoms with Crippen LogP contribution in [-0.4, -0.2) is 51.4 Å². The lowest BCUT2D eigenvalue weighted by Crippen LogP contribution is -2.38. The second-order valence-electron chi connectivity index (χ2n) is 6.05. The maximum absolute atomic E-state index is 11.4. The van der Waals surface area contributed by atoms with Gasteiger partial charge >= 0.3 is 5.97 Å². The second kappa shape index (κ2) is 12.2. The number of nitrogens with zero attached hydrogens (tertiary/aromatic N) is 1. The summed E-state index contributed by atoms with van der Waals surface area (Å²) >= 11 is 0. The van der Waals surface area contributed by atoms with Gasteiger partial charge in [-0.25, -0.2) is 0 Å². The van der Waals surface area contributed by atoms with Gasteiger partial charge in [-0.1, -0.05) is 26.2 Å². The number of esters is 1. The molecule has 1 unspecified atom stereocenters. The van der Waals surface area contributed by atoms with Crippen LogP contribution in [0.25, 0.3) is 0 Å². The Labute approximate surface area is 140 Å². The Hall–Kier alpha value is -1.30. The van der Waals surface area contributed by atoms with Crippen molar-refractivity contribution < 1.29 is 14.3 Å². The summed E-state index contributed by atoms with van der Waals surface area (Å²) in [5.74, 6) is 0.275. The third-order valence-corrected chi connectivity index (χ3v) is 3.99. The van der Waals surface area contributed by atoms with Gasteiger partial charge in [-0.3, -0.25) is 9.79 Å². The van der Waals surface area contributed by atoms with Gasteiger partial charge in [-0.15, -0.1) is 0 Å². The maximum Gasteiger partial charge on any atom is 0.310 e. The Morgan fingerprint density at radius 2 is 2.00 bits per heavy atom. The first-order chi connectivity index (χ1) is 11.2. The summed E-state index contributed by atoms with van der Waals surface area (Å²) in [4.78, 5) is 15.8. The van der Waals surface area contributed by atoms with E-state index in [1.165, 1.54) is 39.2 Å². The Morgan fingerprint density at radius 3 is 2.65 bits per heavy atom. The van der Waals surface area contributed by atoms with E-state index in [2.05, 4.69) is 15.6 Å². The summed E-state index contributed by atoms with van der Waals surface area (Å²) in [6.07, 6.45) is 7.80. The number of guanidine groups is 1. The molecule has 0 aliphatic heterocycles. The van der Waals surface area contributed by atoms with Crippen molar-refractivity contribution in [3.05, 3.63) is 0 Å². The lowest BCUT2D eigenvalue weighted by atomic mass is 9.98. The van der Waals surface area contributed by atoms with E-state index < -0.39 is 0 Å². The topological polar surface area (TPSA) is 72.0 Å². The first kappa shape index (κ1) is 19.7. The normalized spacial score (nSPS) is 17.6. The molecule has 23 heavy (non-hydrogen) atoms. The molecule has 1 aliphatic rings. The lowest BCUT2D eigenvalue weighted by molar-refractivity contribution is -0.144. The van der Waals surface area contributed by atoms with Crippen LogP contribution in [0.4, 0.5) is 0 Å². The Kier molecular flexibility index (Phi) is 10.4. The fraction of sp³-hybridized carbons (Fsp3) is 0.882. The van der Waals surface area contributed by atoms with Crippen molar-refractivity contribution in [3.8, 4) is 0 Å². The summed E-state index contributed by atoms with van der Waals surface area (Å²) in [5, 5.41) is 6.46. The number of methoxy groups -OCH3 is 1. The molecule has 1 atom stereocenters. The molecule has 0 radical (unpaired) electrons. The Balaban J connectivity index is 2.19. The highest BCUT2D eigenvalue weighted by molar-refractivity contribution is 5.80. The zero-order valence-corrected chi connectivity index (χ0v) is 14.9. The number of nitrogens with one attached hydrogen (secondary N) is 2. The van der Waals surface area contributed by atoms with Gasteiger partial charge in [0.2, 0.25) is 0 Å². The molecule has 0 spiro atoms. The first-order valence-electron chi connectivity index (χ1n) is 8.89. The summed E-state index contributed by atoms with van der Waals surface area (Å²) in [6, 6.07) is 0. The maximum atomic E-state index is 11.4. The number of rotatable bonds is 9. The molecule has 1 aliphatic carbocycles. The molecule has 0 aromatic carbocycles. The number of aliphatic imine (C=N–C) groups is 1. The van der Waals surface area contributed by atoms with Gasteiger partial charge in [0.25, 0.3) is 0 Å². The van der Waals surface area contributed by atoms with Crippen molar-refractivity contribution in [3.63, 3.8) is 0 Å². The number of hydrogen-bond donors (Lipinski definition) is 2. The first-order valence-corrected chi connectivity index (χ1v) is 8.89. The molecule has 2 N–H and O–H groups in total. The van der Waals surface area contributed by atoms with Crippen LogP contribution >= 0.6 is 0 Å². The number of ether oxygens (including phenoxy) is 2. The molecular weight excluding hydrogens is 294 g/mol. The minimum atomic E-state index is -0.231. The summed E-state index contributed by atoms with van der Waals surface area (Å²) < 4.78 is 10.6. The molecule has 0 heterocycles. The Morgan fingerprint density at radius 1 is 1.26 bits per heavy atom. The minimum Gasteiger partial charge on any atom is -0.469 e. The molecule has 6 nitrogen and oxygen atoms in total. The van der Waals surface area contributed by atoms with E-state index in [4.69, 9.17) is 9.47 Å². The van der Waals surface area contributed by atoms with Crippen molar-refractivity contribution in [2.45, 2.75) is 58.5 Å². The SMILES string of the molecule is CCNC(=NCC(C)C(=O)OC)NCCCOC1CCCCC1. The lowest BCUT2D eigenvalue weighted by Gasteiger charge is -2.22. The summed E-state index contributed by atoms with van der Waals surface area (Å²) in [6.45, 7) is 6.64. The van der Waals surface area contributed by atoms with Gasteiger partial charge in [0, 0.05) is 19.7 Å². The van der Waals surface area contributed by atoms with E-state index in [9.17, 15) is 4.79 Å². The number of carbonyl (C=O) groups is 1. The molecule has 0 amide bonds. The zero-order chi connectivity index (χ0) is 16.9. The average molecular weight is 327 g/mol. The van der Waals surface area contributed by atoms with Crippen LogP contribution in [-0.2, 0) is 14.3 Å². The molecule has 0 aromatic heterocycles. The quantitative estimate of drug-likeness (QED) is 0.294. The largest absolute Gasteiger partial charge is 0.469 e. The molecule has 1 rings (SSSR count). The number of hydrogen-bond acceptors (Lipinski definition) is 4. The third kappa shape index (κ3) is 8.79. The number of carbonyl (C=O) groups excluding carboxylic acids is 1. The molecule has 1 saturated carbocycles. The van der Waals surface area contributed by atoms with Crippen molar-refractivity contribution in [2.24, 2.45) is 10.9 Å². The van der Waals surface area contributed by atoms with Crippen molar-refractivity contribution >= 4 is 11.9 Å². The highest BCUT2D eigenvalue weighted by atomic mass is 16.5. The summed E-state index contributed by atoms with van der Waals surface area (Å²) in [7, 11) is 1.40. The van der Waals surface area contributed by atoms with Crippen LogP contribution in [0.15, 0.2) is 4.99 Å². The molecule has 134 valence electrons. The van der Waals surface area contributed by atoms with E-state index in [0.29, 0.717) is 12.6 Å². The van der Waals surface area contributed by atoms with E-state index in [-0.39, 0.29) is 11.9 Å². The van der Waals surface area contributed by atoms with E-state index in [1.54, 1.807) is 0 Å². The average Bonchev–Trinajstić information content (AvgIpc) is 2.59. The molecular formula is C17H33N3O3. The zero-order valence-electron chi connectivity index (χ0n) is 14.9. The van der Waals surface area contributed by atoms with Crippen LogP contribution in [0.3, 0.4) is 0 Å². The monoisotopic (exact) mass is 327 g/mol. The van der Waals surface area contributed by atoms with Gasteiger partial charge in [-0.2, -0.15) is 0 Å². The summed E-state index contributed by atoms with van der Waals surface area (Å²) in [5.41, 5.74) is 0. The molecule has 0 bridgehead atoms. The van der Waals surface area contributed by atoms with Crippen LogP contribution in [0, 0.1) is 5.92 Å². The van der Waals surface area contributed by atoms with Crippen LogP contribution in [0.5, 0.6) is 0 Å². The van der Waals surface area contributed by atoms with Gasteiger partial charge in [0.15, 0.2) is 5.96 Å². The van der Waals surface area contributed by atoms with Crippen molar-refractivity contribution in [1.82, 2.24) is 10.6 Å². The van der Waals surface area contributed by atoms with Gasteiger partial charge in [0.1, 0.15) is 0 Å². The van der Waals surface area contributed by atoms with Crippen LogP contribution < -0.4 is 10.6 Å². The van der Waals surface area contributed by atoms with Crippen LogP contribution in [0.2, 0.25) is 0 Å². The Bertz CT molecular complexity index is 355. The van der Waals surface area contributed by atoms with E-state index in [1.807, 2.05) is 13.8 Å². The van der Waals surface area contributed by atoms with Gasteiger partial charge in [0.05, 0.1) is 25.7 Å². The highest BCUT2D eigenvalue weighted by Crippen LogP contribution is 2.20. The molecule has 0 saturated heterocycles.